The molecule has 0 aromatic heterocycles. The second kappa shape index (κ2) is 7.49. The molecule has 2 aromatic rings. The molecule has 0 aliphatic heterocycles. The van der Waals surface area contributed by atoms with Gasteiger partial charge in [0, 0.05) is 35.5 Å². The number of rotatable bonds is 4. The smallest absolute Gasteiger partial charge is 0.236 e. The summed E-state index contributed by atoms with van der Waals surface area (Å²) in [6, 6.07) is 13.7. The van der Waals surface area contributed by atoms with Gasteiger partial charge in [-0.15, -0.1) is 0 Å². The van der Waals surface area contributed by atoms with E-state index in [9.17, 15) is 9.59 Å². The third-order valence-electron chi connectivity index (χ3n) is 3.48. The molecule has 2 amide bonds. The van der Waals surface area contributed by atoms with Crippen LogP contribution in [0.5, 0.6) is 0 Å². The van der Waals surface area contributed by atoms with E-state index in [0.717, 1.165) is 0 Å². The lowest BCUT2D eigenvalue weighted by Gasteiger charge is -2.21. The van der Waals surface area contributed by atoms with Crippen molar-refractivity contribution in [2.75, 3.05) is 23.9 Å². The lowest BCUT2D eigenvalue weighted by Crippen LogP contribution is -2.34. The molecule has 2 rings (SSSR count). The zero-order valence-electron chi connectivity index (χ0n) is 12.8. The molecule has 0 saturated carbocycles. The Morgan fingerprint density at radius 1 is 0.739 bits per heavy atom. The number of carbonyl (C=O) groups excluding carboxylic acids is 2. The first-order valence-corrected chi connectivity index (χ1v) is 7.68. The van der Waals surface area contributed by atoms with E-state index in [0.29, 0.717) is 21.4 Å². The maximum atomic E-state index is 12.3. The Morgan fingerprint density at radius 2 is 1.04 bits per heavy atom. The SMILES string of the molecule is CN(C(=O)CC(=O)N(C)c1ccc(Cl)cc1)c1ccc(Cl)cc1. The van der Waals surface area contributed by atoms with Crippen LogP contribution in [-0.2, 0) is 9.59 Å². The zero-order chi connectivity index (χ0) is 17.0. The Labute approximate surface area is 145 Å². The first-order valence-electron chi connectivity index (χ1n) is 6.92. The predicted molar refractivity (Wildman–Crippen MR) is 94.3 cm³/mol. The number of anilines is 2. The van der Waals surface area contributed by atoms with E-state index in [1.54, 1.807) is 62.6 Å². The molecule has 120 valence electrons. The average Bonchev–Trinajstić information content (AvgIpc) is 2.54. The third-order valence-corrected chi connectivity index (χ3v) is 3.98. The molecule has 0 aliphatic carbocycles. The average molecular weight is 351 g/mol. The Morgan fingerprint density at radius 3 is 1.35 bits per heavy atom. The van der Waals surface area contributed by atoms with E-state index >= 15 is 0 Å². The molecular weight excluding hydrogens is 335 g/mol. The number of nitrogens with zero attached hydrogens (tertiary/aromatic N) is 2. The molecule has 0 spiro atoms. The molecule has 0 N–H and O–H groups in total. The predicted octanol–water partition coefficient (Wildman–Crippen LogP) is 4.01. The molecule has 4 nitrogen and oxygen atoms in total. The lowest BCUT2D eigenvalue weighted by atomic mass is 10.2. The van der Waals surface area contributed by atoms with E-state index in [1.165, 1.54) is 9.80 Å². The number of halogens is 2. The summed E-state index contributed by atoms with van der Waals surface area (Å²) < 4.78 is 0. The summed E-state index contributed by atoms with van der Waals surface area (Å²) >= 11 is 11.7. The van der Waals surface area contributed by atoms with Crippen LogP contribution in [0.2, 0.25) is 10.0 Å². The fraction of sp³-hybridized carbons (Fsp3) is 0.176. The molecule has 0 unspecified atom stereocenters. The van der Waals surface area contributed by atoms with E-state index < -0.39 is 0 Å². The van der Waals surface area contributed by atoms with Gasteiger partial charge in [-0.1, -0.05) is 23.2 Å². The number of amides is 2. The van der Waals surface area contributed by atoms with Gasteiger partial charge in [-0.2, -0.15) is 0 Å². The monoisotopic (exact) mass is 350 g/mol. The van der Waals surface area contributed by atoms with Crippen molar-refractivity contribution in [1.29, 1.82) is 0 Å². The number of hydrogen-bond acceptors (Lipinski definition) is 2. The highest BCUT2D eigenvalue weighted by Crippen LogP contribution is 2.19. The van der Waals surface area contributed by atoms with Crippen LogP contribution in [0.15, 0.2) is 48.5 Å². The Kier molecular flexibility index (Phi) is 5.64. The molecule has 0 bridgehead atoms. The van der Waals surface area contributed by atoms with Crippen LogP contribution in [0.25, 0.3) is 0 Å². The summed E-state index contributed by atoms with van der Waals surface area (Å²) in [5, 5.41) is 1.18. The fourth-order valence-electron chi connectivity index (χ4n) is 1.98. The Balaban J connectivity index is 2.02. The first-order chi connectivity index (χ1) is 10.9. The molecule has 0 atom stereocenters. The Bertz CT molecular complexity index is 638. The summed E-state index contributed by atoms with van der Waals surface area (Å²) in [4.78, 5) is 27.4. The third kappa shape index (κ3) is 4.47. The van der Waals surface area contributed by atoms with Gasteiger partial charge in [0.15, 0.2) is 0 Å². The topological polar surface area (TPSA) is 40.6 Å². The van der Waals surface area contributed by atoms with Gasteiger partial charge in [0.1, 0.15) is 6.42 Å². The molecule has 23 heavy (non-hydrogen) atoms. The summed E-state index contributed by atoms with van der Waals surface area (Å²) in [7, 11) is 3.25. The van der Waals surface area contributed by atoms with Crippen LogP contribution in [0.4, 0.5) is 11.4 Å². The lowest BCUT2D eigenvalue weighted by molar-refractivity contribution is -0.126. The summed E-state index contributed by atoms with van der Waals surface area (Å²) in [5.74, 6) is -0.587. The second-order valence-electron chi connectivity index (χ2n) is 5.04. The van der Waals surface area contributed by atoms with Crippen molar-refractivity contribution in [1.82, 2.24) is 0 Å². The number of benzene rings is 2. The van der Waals surface area contributed by atoms with Gasteiger partial charge < -0.3 is 9.80 Å². The van der Waals surface area contributed by atoms with Crippen LogP contribution in [0.3, 0.4) is 0 Å². The van der Waals surface area contributed by atoms with E-state index in [4.69, 9.17) is 23.2 Å². The maximum absolute atomic E-state index is 12.3. The number of hydrogen-bond donors (Lipinski definition) is 0. The van der Waals surface area contributed by atoms with Gasteiger partial charge in [0.2, 0.25) is 11.8 Å². The fourth-order valence-corrected chi connectivity index (χ4v) is 2.24. The van der Waals surface area contributed by atoms with Crippen LogP contribution in [-0.4, -0.2) is 25.9 Å². The molecule has 0 fully saturated rings. The van der Waals surface area contributed by atoms with E-state index in [-0.39, 0.29) is 18.2 Å². The normalized spacial score (nSPS) is 10.3. The summed E-state index contributed by atoms with van der Waals surface area (Å²) in [6.07, 6.45) is -0.224. The van der Waals surface area contributed by atoms with Crippen molar-refractivity contribution >= 4 is 46.4 Å². The van der Waals surface area contributed by atoms with Gasteiger partial charge in [-0.3, -0.25) is 9.59 Å². The van der Waals surface area contributed by atoms with Crippen molar-refractivity contribution in [3.8, 4) is 0 Å². The summed E-state index contributed by atoms with van der Waals surface area (Å²) in [5.41, 5.74) is 1.36. The second-order valence-corrected chi connectivity index (χ2v) is 5.91. The largest absolute Gasteiger partial charge is 0.315 e. The van der Waals surface area contributed by atoms with Gasteiger partial charge in [0.05, 0.1) is 0 Å². The highest BCUT2D eigenvalue weighted by atomic mass is 35.5. The van der Waals surface area contributed by atoms with Crippen molar-refractivity contribution in [2.24, 2.45) is 0 Å². The minimum absolute atomic E-state index is 0.224. The van der Waals surface area contributed by atoms with Gasteiger partial charge >= 0.3 is 0 Å². The van der Waals surface area contributed by atoms with Crippen LogP contribution >= 0.6 is 23.2 Å². The highest BCUT2D eigenvalue weighted by molar-refractivity contribution is 6.31. The van der Waals surface area contributed by atoms with Crippen molar-refractivity contribution in [3.05, 3.63) is 58.6 Å². The van der Waals surface area contributed by atoms with Crippen LogP contribution < -0.4 is 9.80 Å². The van der Waals surface area contributed by atoms with Gasteiger partial charge in [-0.25, -0.2) is 0 Å². The quantitative estimate of drug-likeness (QED) is 0.781. The van der Waals surface area contributed by atoms with Gasteiger partial charge in [0.25, 0.3) is 0 Å². The standard InChI is InChI=1S/C17H16Cl2N2O2/c1-20(14-7-3-12(18)4-8-14)16(22)11-17(23)21(2)15-9-5-13(19)6-10-15/h3-10H,11H2,1-2H3. The minimum Gasteiger partial charge on any atom is -0.315 e. The molecular formula is C17H16Cl2N2O2. The van der Waals surface area contributed by atoms with Crippen molar-refractivity contribution < 1.29 is 9.59 Å². The first kappa shape index (κ1) is 17.3. The minimum atomic E-state index is -0.293. The molecule has 2 aromatic carbocycles. The molecule has 6 heteroatoms. The molecule has 0 heterocycles. The molecule has 0 saturated heterocycles. The summed E-state index contributed by atoms with van der Waals surface area (Å²) in [6.45, 7) is 0. The van der Waals surface area contributed by atoms with Crippen LogP contribution in [0.1, 0.15) is 6.42 Å². The maximum Gasteiger partial charge on any atom is 0.236 e. The molecule has 0 aliphatic rings. The number of carbonyl (C=O) groups is 2. The van der Waals surface area contributed by atoms with E-state index in [2.05, 4.69) is 0 Å². The van der Waals surface area contributed by atoms with E-state index in [1.807, 2.05) is 0 Å². The highest BCUT2D eigenvalue weighted by Gasteiger charge is 2.19. The Hall–Kier alpha value is -2.04. The van der Waals surface area contributed by atoms with Gasteiger partial charge in [-0.05, 0) is 48.5 Å². The zero-order valence-corrected chi connectivity index (χ0v) is 14.3. The van der Waals surface area contributed by atoms with Crippen molar-refractivity contribution in [2.45, 2.75) is 6.42 Å². The van der Waals surface area contributed by atoms with Crippen molar-refractivity contribution in [3.63, 3.8) is 0 Å². The van der Waals surface area contributed by atoms with Crippen LogP contribution in [0, 0.1) is 0 Å². The molecule has 0 radical (unpaired) electrons.